The van der Waals surface area contributed by atoms with E-state index in [9.17, 15) is 9.79 Å². The van der Waals surface area contributed by atoms with Crippen molar-refractivity contribution in [3.63, 3.8) is 0 Å². The summed E-state index contributed by atoms with van der Waals surface area (Å²) in [5, 5.41) is 3.79. The molecule has 2 aliphatic rings. The van der Waals surface area contributed by atoms with E-state index in [4.69, 9.17) is 28.7 Å². The summed E-state index contributed by atoms with van der Waals surface area (Å²) in [6.45, 7) is 9.68. The van der Waals surface area contributed by atoms with Crippen LogP contribution in [0.5, 0.6) is 0 Å². The Balaban J connectivity index is 0.000000604. The minimum absolute atomic E-state index is 0.177. The first kappa shape index (κ1) is 38.1. The van der Waals surface area contributed by atoms with Crippen LogP contribution in [-0.4, -0.2) is 84.5 Å². The van der Waals surface area contributed by atoms with Gasteiger partial charge in [0.1, 0.15) is 30.2 Å². The molecule has 52 heavy (non-hydrogen) atoms. The lowest BCUT2D eigenvalue weighted by Crippen LogP contribution is -2.38. The highest BCUT2D eigenvalue weighted by Crippen LogP contribution is 2.46. The normalized spacial score (nSPS) is 21.2. The van der Waals surface area contributed by atoms with Crippen LogP contribution in [0.3, 0.4) is 0 Å². The van der Waals surface area contributed by atoms with Gasteiger partial charge in [0, 0.05) is 0 Å². The highest BCUT2D eigenvalue weighted by atomic mass is 32.5. The highest BCUT2D eigenvalue weighted by Gasteiger charge is 2.56. The number of rotatable bonds is 12. The molecule has 0 radical (unpaired) electrons. The van der Waals surface area contributed by atoms with E-state index >= 15 is 0 Å². The molecule has 14 heteroatoms. The number of anilines is 1. The average molecular weight is 747 g/mol. The number of ether oxygens (including phenoxy) is 3. The Kier molecular flexibility index (Phi) is 11.9. The van der Waals surface area contributed by atoms with Crippen LogP contribution in [0.2, 0.25) is 0 Å². The smallest absolute Gasteiger partial charge is 0.321 e. The number of nitrogens with one attached hydrogen (secondary N) is 1. The molecule has 12 nitrogen and oxygen atoms in total. The molecular formula is C38H47N6O6PS. The Morgan fingerprint density at radius 2 is 1.35 bits per heavy atom. The Labute approximate surface area is 310 Å². The molecule has 3 aromatic carbocycles. The predicted molar refractivity (Wildman–Crippen MR) is 204 cm³/mol. The minimum atomic E-state index is -3.90. The van der Waals surface area contributed by atoms with Crippen LogP contribution >= 0.6 is 6.72 Å². The average Bonchev–Trinajstić information content (AvgIpc) is 3.82. The maximum Gasteiger partial charge on any atom is 0.321 e. The fourth-order valence-corrected chi connectivity index (χ4v) is 7.47. The molecule has 7 rings (SSSR count). The second-order valence-electron chi connectivity index (χ2n) is 13.1. The highest BCUT2D eigenvalue weighted by molar-refractivity contribution is 8.06. The number of benzene rings is 3. The van der Waals surface area contributed by atoms with E-state index in [-0.39, 0.29) is 6.61 Å². The zero-order chi connectivity index (χ0) is 36.9. The van der Waals surface area contributed by atoms with E-state index in [1.807, 2.05) is 68.4 Å². The predicted octanol–water partition coefficient (Wildman–Crippen LogP) is 6.22. The standard InChI is InChI=1S/C32H32N5O6PS.C6H15N/c1-31(2)42-26-24(18-40-44(38,39)45)41-30(27(26)43-31)37-20-35-25-28(33-19-34-29(25)37)36-32(21-12-6-3-7-13-21,22-14-8-4-9-15-22)23-16-10-5-11-17-23;1-4-7(5-2)6-3/h3-17,19-20,24,26-27,30H,18H2,1-2H3,(H,33,34,36)(H2,38,39,45);4-6H2,1-3H3/t24-,26-,27-,30-;/m1./s1. The van der Waals surface area contributed by atoms with Gasteiger partial charge in [-0.3, -0.25) is 4.57 Å². The second kappa shape index (κ2) is 16.2. The molecule has 2 aliphatic heterocycles. The molecule has 0 aliphatic carbocycles. The van der Waals surface area contributed by atoms with E-state index in [0.717, 1.165) is 16.7 Å². The summed E-state index contributed by atoms with van der Waals surface area (Å²) in [5.74, 6) is -0.373. The molecule has 0 bridgehead atoms. The van der Waals surface area contributed by atoms with Crippen molar-refractivity contribution in [1.82, 2.24) is 24.4 Å². The largest absolute Gasteiger partial charge is 0.351 e. The van der Waals surface area contributed by atoms with Crippen molar-refractivity contribution in [3.8, 4) is 0 Å². The zero-order valence-electron chi connectivity index (χ0n) is 30.1. The van der Waals surface area contributed by atoms with Crippen molar-refractivity contribution in [2.75, 3.05) is 31.6 Å². The third kappa shape index (κ3) is 8.13. The van der Waals surface area contributed by atoms with Gasteiger partial charge in [0.25, 0.3) is 0 Å². The fourth-order valence-electron chi connectivity index (χ4n) is 6.95. The SMILES string of the molecule is CC1(C)O[C@@H]2[C@H](O1)[C@@H](COP(O)(O)=S)O[C@H]2n1cnc2c(NC(c3ccccc3)(c3ccccc3)c3ccccc3)ncnc21.CCN(CC)CC. The van der Waals surface area contributed by atoms with Crippen LogP contribution < -0.4 is 5.32 Å². The van der Waals surface area contributed by atoms with Gasteiger partial charge in [0.2, 0.25) is 0 Å². The minimum Gasteiger partial charge on any atom is -0.351 e. The summed E-state index contributed by atoms with van der Waals surface area (Å²) in [5.41, 5.74) is 3.28. The van der Waals surface area contributed by atoms with E-state index in [2.05, 4.69) is 84.2 Å². The molecule has 0 unspecified atom stereocenters. The first-order valence-electron chi connectivity index (χ1n) is 17.6. The van der Waals surface area contributed by atoms with Gasteiger partial charge in [-0.15, -0.1) is 0 Å². The summed E-state index contributed by atoms with van der Waals surface area (Å²) in [7, 11) is 0. The van der Waals surface area contributed by atoms with Gasteiger partial charge in [-0.2, -0.15) is 0 Å². The summed E-state index contributed by atoms with van der Waals surface area (Å²) in [6.07, 6.45) is 0.653. The molecule has 2 fully saturated rings. The monoisotopic (exact) mass is 746 g/mol. The van der Waals surface area contributed by atoms with Gasteiger partial charge >= 0.3 is 6.72 Å². The lowest BCUT2D eigenvalue weighted by Gasteiger charge is -2.37. The maximum absolute atomic E-state index is 9.68. The summed E-state index contributed by atoms with van der Waals surface area (Å²) in [4.78, 5) is 35.8. The number of hydrogen-bond acceptors (Lipinski definition) is 10. The maximum atomic E-state index is 9.68. The van der Waals surface area contributed by atoms with Crippen molar-refractivity contribution >= 4 is 35.5 Å². The Morgan fingerprint density at radius 1 is 0.827 bits per heavy atom. The molecule has 4 atom stereocenters. The van der Waals surface area contributed by atoms with Crippen LogP contribution in [0.4, 0.5) is 5.82 Å². The van der Waals surface area contributed by atoms with Crippen molar-refractivity contribution < 1.29 is 28.5 Å². The van der Waals surface area contributed by atoms with E-state index in [1.54, 1.807) is 10.9 Å². The third-order valence-electron chi connectivity index (χ3n) is 9.43. The second-order valence-corrected chi connectivity index (χ2v) is 15.7. The fraction of sp³-hybridized carbons (Fsp3) is 0.395. The molecule has 3 N–H and O–H groups in total. The number of aromatic nitrogens is 4. The van der Waals surface area contributed by atoms with E-state index in [1.165, 1.54) is 26.0 Å². The zero-order valence-corrected chi connectivity index (χ0v) is 31.8. The van der Waals surface area contributed by atoms with Gasteiger partial charge in [-0.05, 0) is 62.0 Å². The van der Waals surface area contributed by atoms with Crippen LogP contribution in [0, 0.1) is 0 Å². The summed E-state index contributed by atoms with van der Waals surface area (Å²) >= 11 is 4.65. The van der Waals surface area contributed by atoms with Crippen molar-refractivity contribution in [1.29, 1.82) is 0 Å². The first-order chi connectivity index (χ1) is 25.0. The summed E-state index contributed by atoms with van der Waals surface area (Å²) < 4.78 is 25.7. The Bertz CT molecular complexity index is 1840. The number of nitrogens with zero attached hydrogens (tertiary/aromatic N) is 5. The van der Waals surface area contributed by atoms with Gasteiger partial charge in [-0.25, -0.2) is 15.0 Å². The van der Waals surface area contributed by atoms with Gasteiger partial charge < -0.3 is 38.7 Å². The summed E-state index contributed by atoms with van der Waals surface area (Å²) in [6, 6.07) is 30.7. The van der Waals surface area contributed by atoms with Gasteiger partial charge in [-0.1, -0.05) is 112 Å². The van der Waals surface area contributed by atoms with Crippen molar-refractivity contribution in [2.24, 2.45) is 0 Å². The van der Waals surface area contributed by atoms with E-state index in [0.29, 0.717) is 17.0 Å². The van der Waals surface area contributed by atoms with Crippen molar-refractivity contribution in [2.45, 2.75) is 70.5 Å². The molecule has 0 spiro atoms. The lowest BCUT2D eigenvalue weighted by atomic mass is 9.77. The molecule has 0 amide bonds. The van der Waals surface area contributed by atoms with Crippen LogP contribution in [0.25, 0.3) is 11.2 Å². The van der Waals surface area contributed by atoms with E-state index < -0.39 is 42.6 Å². The Hall–Kier alpha value is -3.62. The number of fused-ring (bicyclic) bond motifs is 2. The third-order valence-corrected chi connectivity index (χ3v) is 10.2. The lowest BCUT2D eigenvalue weighted by molar-refractivity contribution is -0.199. The molecular weight excluding hydrogens is 699 g/mol. The van der Waals surface area contributed by atoms with Gasteiger partial charge in [0.15, 0.2) is 29.0 Å². The van der Waals surface area contributed by atoms with Crippen LogP contribution in [0.1, 0.15) is 57.5 Å². The first-order valence-corrected chi connectivity index (χ1v) is 20.2. The molecule has 2 saturated heterocycles. The van der Waals surface area contributed by atoms with Crippen molar-refractivity contribution in [3.05, 3.63) is 120 Å². The van der Waals surface area contributed by atoms with Gasteiger partial charge in [0.05, 0.1) is 12.9 Å². The molecule has 4 heterocycles. The Morgan fingerprint density at radius 3 is 1.83 bits per heavy atom. The molecule has 276 valence electrons. The molecule has 0 saturated carbocycles. The molecule has 2 aromatic heterocycles. The van der Waals surface area contributed by atoms with Crippen LogP contribution in [-0.2, 0) is 36.1 Å². The topological polar surface area (TPSA) is 136 Å². The molecule has 5 aromatic rings. The number of hydrogen-bond donors (Lipinski definition) is 3. The van der Waals surface area contributed by atoms with Crippen LogP contribution in [0.15, 0.2) is 104 Å². The number of imidazole rings is 1. The quantitative estimate of drug-likeness (QED) is 0.0988.